The molecule has 0 saturated carbocycles. The summed E-state index contributed by atoms with van der Waals surface area (Å²) in [5.41, 5.74) is 7.84. The largest absolute Gasteiger partial charge is 2.00 e. The first-order valence-electron chi connectivity index (χ1n) is 23.5. The van der Waals surface area contributed by atoms with Crippen LogP contribution in [0.3, 0.4) is 0 Å². The minimum Gasteiger partial charge on any atom is -0.870 e. The van der Waals surface area contributed by atoms with Crippen LogP contribution < -0.4 is 53.1 Å². The van der Waals surface area contributed by atoms with Crippen LogP contribution in [0, 0.1) is 10.2 Å². The third-order valence-corrected chi connectivity index (χ3v) is 10.8. The van der Waals surface area contributed by atoms with Crippen molar-refractivity contribution < 1.29 is 93.3 Å². The Morgan fingerprint density at radius 2 is 0.753 bits per heavy atom. The van der Waals surface area contributed by atoms with Crippen molar-refractivity contribution >= 4 is 23.8 Å². The maximum Gasteiger partial charge on any atom is 2.00 e. The standard InChI is InChI=1S/C34H34N2O8.C22H31N.ClHO4.Pd/c37-33-25-7-5-13-31(33)43-21-17-39-15-19-41-29-11-3-4-12-30(29)42-20-16-40-18-22-44-32-14-6-8-26(34(32)38)24-36-28-10-2-1-9-27(28)35-23-25;1-21(2,3)19-11-7-17(8-12-19)15-23-16-18-9-13-20(14-10-18)22(4,5)6;2-1(3,4)5;/h1-14,23-24,37-38H,15-22H2;7-14,23H,15-16H2,1-6H3;(H,2,3,4,5);/q;;;+2/p-2. The number of rotatable bonds is 4. The molecule has 15 nitrogen and oxygen atoms in total. The van der Waals surface area contributed by atoms with Crippen molar-refractivity contribution in [3.63, 3.8) is 0 Å². The summed E-state index contributed by atoms with van der Waals surface area (Å²) >= 11 is 0. The van der Waals surface area contributed by atoms with E-state index in [2.05, 4.69) is 105 Å². The molecule has 4 bridgehead atoms. The minimum absolute atomic E-state index is 0. The van der Waals surface area contributed by atoms with E-state index in [0.29, 0.717) is 60.4 Å². The van der Waals surface area contributed by atoms with Gasteiger partial charge in [0, 0.05) is 23.6 Å². The fourth-order valence-corrected chi connectivity index (χ4v) is 6.88. The molecule has 1 aliphatic rings. The Labute approximate surface area is 444 Å². The van der Waals surface area contributed by atoms with Gasteiger partial charge in [-0.2, -0.15) is 0 Å². The Kier molecular flexibility index (Phi) is 24.3. The second kappa shape index (κ2) is 29.7. The summed E-state index contributed by atoms with van der Waals surface area (Å²) in [4.78, 5) is 8.99. The van der Waals surface area contributed by atoms with Crippen molar-refractivity contribution in [2.45, 2.75) is 65.5 Å². The molecule has 0 amide bonds. The molecule has 392 valence electrons. The zero-order chi connectivity index (χ0) is 52.0. The Hall–Kier alpha value is -5.87. The summed E-state index contributed by atoms with van der Waals surface area (Å²) in [6.07, 6.45) is 2.95. The van der Waals surface area contributed by atoms with Gasteiger partial charge < -0.3 is 44.0 Å². The van der Waals surface area contributed by atoms with Crippen molar-refractivity contribution in [3.05, 3.63) is 167 Å². The number of fused-ring (bicyclic) bond motifs is 6. The molecule has 0 aromatic heterocycles. The molecule has 0 saturated heterocycles. The van der Waals surface area contributed by atoms with Crippen LogP contribution in [0.4, 0.5) is 11.4 Å². The Bertz CT molecular complexity index is 2450. The summed E-state index contributed by atoms with van der Waals surface area (Å²) < 4.78 is 68.2. The number of aliphatic imine (C=N–C) groups is 2. The third-order valence-electron chi connectivity index (χ3n) is 10.8. The van der Waals surface area contributed by atoms with E-state index in [-0.39, 0.29) is 80.7 Å². The first kappa shape index (κ1) is 59.7. The average Bonchev–Trinajstić information content (AvgIpc) is 3.33. The summed E-state index contributed by atoms with van der Waals surface area (Å²) in [5.74, 6) is 1.01. The number of nitrogens with zero attached hydrogens (tertiary/aromatic N) is 2. The minimum atomic E-state index is -4.94. The molecule has 6 aromatic carbocycles. The number of hydrogen-bond donors (Lipinski definition) is 1. The molecular formula is C56H64ClN3O12Pd. The molecular weight excluding hydrogens is 1050 g/mol. The molecule has 0 fully saturated rings. The second-order valence-corrected chi connectivity index (χ2v) is 19.1. The van der Waals surface area contributed by atoms with Gasteiger partial charge in [-0.25, -0.2) is 18.6 Å². The molecule has 6 aromatic rings. The van der Waals surface area contributed by atoms with Gasteiger partial charge in [0.2, 0.25) is 0 Å². The van der Waals surface area contributed by atoms with Gasteiger partial charge in [-0.15, -0.1) is 10.2 Å². The van der Waals surface area contributed by atoms with Gasteiger partial charge in [0.15, 0.2) is 11.5 Å². The van der Waals surface area contributed by atoms with Gasteiger partial charge in [0.05, 0.1) is 37.8 Å². The van der Waals surface area contributed by atoms with Gasteiger partial charge in [-0.3, -0.25) is 9.98 Å². The van der Waals surface area contributed by atoms with Crippen molar-refractivity contribution in [2.24, 2.45) is 9.98 Å². The number of benzene rings is 6. The van der Waals surface area contributed by atoms with E-state index in [1.807, 2.05) is 36.4 Å². The summed E-state index contributed by atoms with van der Waals surface area (Å²) in [6.45, 7) is 17.8. The Balaban J connectivity index is 0.000000333. The van der Waals surface area contributed by atoms with E-state index >= 15 is 0 Å². The second-order valence-electron chi connectivity index (χ2n) is 18.4. The number of halogens is 1. The molecule has 0 spiro atoms. The summed E-state index contributed by atoms with van der Waals surface area (Å²) in [5, 5.41) is 28.3. The van der Waals surface area contributed by atoms with Crippen molar-refractivity contribution in [1.82, 2.24) is 0 Å². The first-order chi connectivity index (χ1) is 34.3. The fraction of sp³-hybridized carbons (Fsp3) is 0.321. The topological polar surface area (TPSA) is 235 Å². The summed E-state index contributed by atoms with van der Waals surface area (Å²) in [6, 6.07) is 42.7. The number of quaternary nitrogens is 1. The van der Waals surface area contributed by atoms with Crippen molar-refractivity contribution in [3.8, 4) is 34.5 Å². The number of hydrogen-bond acceptors (Lipinski definition) is 14. The van der Waals surface area contributed by atoms with E-state index < -0.39 is 10.2 Å². The third kappa shape index (κ3) is 21.6. The molecule has 0 atom stereocenters. The number of ether oxygens (including phenoxy) is 6. The molecule has 0 radical (unpaired) electrons. The quantitative estimate of drug-likeness (QED) is 0.242. The smallest absolute Gasteiger partial charge is 0.870 e. The molecule has 0 aliphatic carbocycles. The first-order valence-corrected chi connectivity index (χ1v) is 24.7. The normalized spacial score (nSPS) is 13.8. The van der Waals surface area contributed by atoms with Crippen molar-refractivity contribution in [2.75, 3.05) is 52.9 Å². The predicted molar refractivity (Wildman–Crippen MR) is 262 cm³/mol. The van der Waals surface area contributed by atoms with Crippen molar-refractivity contribution in [1.29, 1.82) is 0 Å². The fourth-order valence-electron chi connectivity index (χ4n) is 6.88. The van der Waals surface area contributed by atoms with Gasteiger partial charge >= 0.3 is 20.4 Å². The average molecular weight is 1110 g/mol. The SMILES string of the molecule is CC(C)(C)c1ccc(C[NH2+]Cc2ccc(C(C)(C)C)cc2)cc1.[O-][Cl+3]([O-])([O-])[O-].[O-]c1c2cccc1OCCOCCOc1ccccc1OCCOCCOc1cccc(c1[O-])C=Nc1ccccc1N=C2.[Pd+2]. The molecule has 73 heavy (non-hydrogen) atoms. The molecule has 0 unspecified atom stereocenters. The maximum absolute atomic E-state index is 13.0. The van der Waals surface area contributed by atoms with Gasteiger partial charge in [0.1, 0.15) is 51.0 Å². The molecule has 17 heteroatoms. The van der Waals surface area contributed by atoms with E-state index in [1.165, 1.54) is 34.7 Å². The number of nitrogens with two attached hydrogens (primary N) is 1. The van der Waals surface area contributed by atoms with Crippen LogP contribution in [0.1, 0.15) is 74.9 Å². The predicted octanol–water partition coefficient (Wildman–Crippen LogP) is 4.38. The monoisotopic (exact) mass is 1110 g/mol. The Morgan fingerprint density at radius 1 is 0.438 bits per heavy atom. The maximum atomic E-state index is 13.0. The van der Waals surface area contributed by atoms with Crippen LogP contribution in [0.15, 0.2) is 143 Å². The van der Waals surface area contributed by atoms with Crippen LogP contribution in [0.2, 0.25) is 0 Å². The van der Waals surface area contributed by atoms with E-state index in [4.69, 9.17) is 47.1 Å². The van der Waals surface area contributed by atoms with Crippen LogP contribution in [-0.4, -0.2) is 65.3 Å². The number of para-hydroxylation sites is 6. The van der Waals surface area contributed by atoms with Gasteiger partial charge in [-0.1, -0.05) is 150 Å². The van der Waals surface area contributed by atoms with E-state index in [0.717, 1.165) is 13.1 Å². The molecule has 1 heterocycles. The zero-order valence-corrected chi connectivity index (χ0v) is 44.3. The molecule has 1 aliphatic heterocycles. The Morgan fingerprint density at radius 3 is 1.10 bits per heavy atom. The van der Waals surface area contributed by atoms with E-state index in [1.54, 1.807) is 48.5 Å². The van der Waals surface area contributed by atoms with Gasteiger partial charge in [0.25, 0.3) is 0 Å². The van der Waals surface area contributed by atoms with Crippen LogP contribution in [0.25, 0.3) is 0 Å². The van der Waals surface area contributed by atoms with Crippen LogP contribution in [0.5, 0.6) is 34.5 Å². The molecule has 7 rings (SSSR count). The van der Waals surface area contributed by atoms with Crippen LogP contribution >= 0.6 is 0 Å². The van der Waals surface area contributed by atoms with Gasteiger partial charge in [-0.05, 0) is 69.5 Å². The molecule has 2 N–H and O–H groups in total. The van der Waals surface area contributed by atoms with E-state index in [9.17, 15) is 10.2 Å². The zero-order valence-electron chi connectivity index (χ0n) is 42.0. The van der Waals surface area contributed by atoms with Crippen LogP contribution in [-0.2, 0) is 53.8 Å². The summed E-state index contributed by atoms with van der Waals surface area (Å²) in [7, 11) is -4.94.